The summed E-state index contributed by atoms with van der Waals surface area (Å²) in [6.07, 6.45) is 0.185. The van der Waals surface area contributed by atoms with Crippen LogP contribution in [0.5, 0.6) is 11.5 Å². The van der Waals surface area contributed by atoms with E-state index in [4.69, 9.17) is 21.1 Å². The summed E-state index contributed by atoms with van der Waals surface area (Å²) in [5.41, 5.74) is 3.02. The number of fused-ring (bicyclic) bond motifs is 1. The SMILES string of the molecule is Cc1cc(C)c(NC(=O)CCC(=O)c2ccc3c(c2)OCCO3)c(Cl)c1. The van der Waals surface area contributed by atoms with Crippen molar-refractivity contribution < 1.29 is 19.1 Å². The van der Waals surface area contributed by atoms with Gasteiger partial charge in [-0.15, -0.1) is 0 Å². The van der Waals surface area contributed by atoms with E-state index in [0.29, 0.717) is 41.0 Å². The second-order valence-corrected chi connectivity index (χ2v) is 6.68. The molecule has 1 aliphatic rings. The molecule has 0 spiro atoms. The molecule has 1 heterocycles. The summed E-state index contributed by atoms with van der Waals surface area (Å²) >= 11 is 6.20. The third-order valence-electron chi connectivity index (χ3n) is 4.14. The fraction of sp³-hybridized carbons (Fsp3) is 0.300. The first kappa shape index (κ1) is 18.3. The van der Waals surface area contributed by atoms with E-state index in [0.717, 1.165) is 11.1 Å². The molecule has 0 aliphatic carbocycles. The van der Waals surface area contributed by atoms with E-state index in [9.17, 15) is 9.59 Å². The van der Waals surface area contributed by atoms with E-state index in [1.54, 1.807) is 24.3 Å². The first-order chi connectivity index (χ1) is 12.4. The number of ether oxygens (including phenoxy) is 2. The van der Waals surface area contributed by atoms with Crippen molar-refractivity contribution in [2.24, 2.45) is 0 Å². The number of halogens is 1. The van der Waals surface area contributed by atoms with Crippen LogP contribution < -0.4 is 14.8 Å². The van der Waals surface area contributed by atoms with Gasteiger partial charge in [0.05, 0.1) is 10.7 Å². The van der Waals surface area contributed by atoms with Gasteiger partial charge < -0.3 is 14.8 Å². The van der Waals surface area contributed by atoms with Crippen molar-refractivity contribution >= 4 is 29.0 Å². The Morgan fingerprint density at radius 3 is 2.50 bits per heavy atom. The molecular formula is C20H20ClNO4. The van der Waals surface area contributed by atoms with Crippen molar-refractivity contribution in [1.29, 1.82) is 0 Å². The molecule has 1 aliphatic heterocycles. The van der Waals surface area contributed by atoms with E-state index >= 15 is 0 Å². The number of hydrogen-bond acceptors (Lipinski definition) is 4. The lowest BCUT2D eigenvalue weighted by Gasteiger charge is -2.18. The second-order valence-electron chi connectivity index (χ2n) is 6.27. The molecule has 0 saturated carbocycles. The van der Waals surface area contributed by atoms with Crippen LogP contribution in [-0.4, -0.2) is 24.9 Å². The molecule has 6 heteroatoms. The van der Waals surface area contributed by atoms with Crippen LogP contribution in [0, 0.1) is 13.8 Å². The Hall–Kier alpha value is -2.53. The van der Waals surface area contributed by atoms with Crippen LogP contribution >= 0.6 is 11.6 Å². The molecule has 136 valence electrons. The summed E-state index contributed by atoms with van der Waals surface area (Å²) in [4.78, 5) is 24.6. The summed E-state index contributed by atoms with van der Waals surface area (Å²) in [5.74, 6) is 0.831. The normalized spacial score (nSPS) is 12.6. The number of carbonyl (C=O) groups excluding carboxylic acids is 2. The molecule has 2 aromatic rings. The van der Waals surface area contributed by atoms with Crippen molar-refractivity contribution in [3.05, 3.63) is 52.0 Å². The highest BCUT2D eigenvalue weighted by Gasteiger charge is 2.16. The minimum absolute atomic E-state index is 0.0803. The predicted molar refractivity (Wildman–Crippen MR) is 101 cm³/mol. The number of Topliss-reactive ketones (excluding diaryl/α,β-unsaturated/α-hetero) is 1. The maximum atomic E-state index is 12.4. The minimum atomic E-state index is -0.246. The topological polar surface area (TPSA) is 64.6 Å². The molecule has 0 unspecified atom stereocenters. The monoisotopic (exact) mass is 373 g/mol. The number of nitrogens with one attached hydrogen (secondary N) is 1. The zero-order valence-electron chi connectivity index (χ0n) is 14.7. The lowest BCUT2D eigenvalue weighted by molar-refractivity contribution is -0.116. The largest absolute Gasteiger partial charge is 0.486 e. The van der Waals surface area contributed by atoms with Gasteiger partial charge >= 0.3 is 0 Å². The first-order valence-electron chi connectivity index (χ1n) is 8.43. The molecule has 0 bridgehead atoms. The van der Waals surface area contributed by atoms with Crippen molar-refractivity contribution in [2.45, 2.75) is 26.7 Å². The Morgan fingerprint density at radius 2 is 1.77 bits per heavy atom. The summed E-state index contributed by atoms with van der Waals surface area (Å²) in [7, 11) is 0. The Bertz CT molecular complexity index is 840. The van der Waals surface area contributed by atoms with Crippen molar-refractivity contribution in [1.82, 2.24) is 0 Å². The van der Waals surface area contributed by atoms with Crippen LogP contribution in [0.3, 0.4) is 0 Å². The highest BCUT2D eigenvalue weighted by Crippen LogP contribution is 2.31. The van der Waals surface area contributed by atoms with Gasteiger partial charge in [-0.05, 0) is 49.2 Å². The zero-order chi connectivity index (χ0) is 18.7. The highest BCUT2D eigenvalue weighted by molar-refractivity contribution is 6.34. The highest BCUT2D eigenvalue weighted by atomic mass is 35.5. The average Bonchev–Trinajstić information content (AvgIpc) is 2.62. The van der Waals surface area contributed by atoms with Crippen LogP contribution in [0.2, 0.25) is 5.02 Å². The average molecular weight is 374 g/mol. The maximum Gasteiger partial charge on any atom is 0.224 e. The van der Waals surface area contributed by atoms with E-state index in [1.165, 1.54) is 0 Å². The Kier molecular flexibility index (Phi) is 5.47. The predicted octanol–water partition coefficient (Wildman–Crippen LogP) is 4.33. The Balaban J connectivity index is 1.60. The lowest BCUT2D eigenvalue weighted by atomic mass is 10.1. The molecule has 0 atom stereocenters. The number of benzene rings is 2. The smallest absolute Gasteiger partial charge is 0.224 e. The first-order valence-corrected chi connectivity index (χ1v) is 8.81. The van der Waals surface area contributed by atoms with Crippen LogP contribution in [0.4, 0.5) is 5.69 Å². The molecule has 5 nitrogen and oxygen atoms in total. The van der Waals surface area contributed by atoms with E-state index in [1.807, 2.05) is 19.9 Å². The van der Waals surface area contributed by atoms with Crippen molar-refractivity contribution in [3.63, 3.8) is 0 Å². The van der Waals surface area contributed by atoms with Gasteiger partial charge in [0, 0.05) is 18.4 Å². The Morgan fingerprint density at radius 1 is 1.04 bits per heavy atom. The fourth-order valence-electron chi connectivity index (χ4n) is 2.86. The third-order valence-corrected chi connectivity index (χ3v) is 4.44. The van der Waals surface area contributed by atoms with Gasteiger partial charge in [0.1, 0.15) is 13.2 Å². The summed E-state index contributed by atoms with van der Waals surface area (Å²) < 4.78 is 10.9. The van der Waals surface area contributed by atoms with Crippen molar-refractivity contribution in [3.8, 4) is 11.5 Å². The summed E-state index contributed by atoms with van der Waals surface area (Å²) in [6, 6.07) is 8.81. The van der Waals surface area contributed by atoms with Gasteiger partial charge in [-0.2, -0.15) is 0 Å². The fourth-order valence-corrected chi connectivity index (χ4v) is 3.23. The maximum absolute atomic E-state index is 12.4. The second kappa shape index (κ2) is 7.79. The Labute approximate surface area is 157 Å². The number of carbonyl (C=O) groups is 2. The lowest BCUT2D eigenvalue weighted by Crippen LogP contribution is -2.16. The van der Waals surface area contributed by atoms with Gasteiger partial charge in [-0.25, -0.2) is 0 Å². The molecule has 2 aromatic carbocycles. The van der Waals surface area contributed by atoms with Gasteiger partial charge in [-0.3, -0.25) is 9.59 Å². The number of ketones is 1. The third kappa shape index (κ3) is 4.17. The van der Waals surface area contributed by atoms with Crippen molar-refractivity contribution in [2.75, 3.05) is 18.5 Å². The van der Waals surface area contributed by atoms with Crippen LogP contribution in [0.15, 0.2) is 30.3 Å². The van der Waals surface area contributed by atoms with Gasteiger partial charge in [0.25, 0.3) is 0 Å². The molecule has 0 aromatic heterocycles. The molecular weight excluding hydrogens is 354 g/mol. The van der Waals surface area contributed by atoms with Crippen LogP contribution in [0.25, 0.3) is 0 Å². The molecule has 0 fully saturated rings. The van der Waals surface area contributed by atoms with Gasteiger partial charge in [0.15, 0.2) is 17.3 Å². The molecule has 0 saturated heterocycles. The minimum Gasteiger partial charge on any atom is -0.486 e. The van der Waals surface area contributed by atoms with Gasteiger partial charge in [-0.1, -0.05) is 17.7 Å². The molecule has 3 rings (SSSR count). The number of aryl methyl sites for hydroxylation is 2. The van der Waals surface area contributed by atoms with Crippen LogP contribution in [-0.2, 0) is 4.79 Å². The number of hydrogen-bond donors (Lipinski definition) is 1. The van der Waals surface area contributed by atoms with E-state index in [2.05, 4.69) is 5.32 Å². The molecule has 1 N–H and O–H groups in total. The molecule has 1 amide bonds. The number of anilines is 1. The summed E-state index contributed by atoms with van der Waals surface area (Å²) in [6.45, 7) is 4.79. The zero-order valence-corrected chi connectivity index (χ0v) is 15.5. The van der Waals surface area contributed by atoms with Crippen LogP contribution in [0.1, 0.15) is 34.3 Å². The molecule has 26 heavy (non-hydrogen) atoms. The quantitative estimate of drug-likeness (QED) is 0.792. The van der Waals surface area contributed by atoms with E-state index < -0.39 is 0 Å². The molecule has 0 radical (unpaired) electrons. The van der Waals surface area contributed by atoms with Gasteiger partial charge in [0.2, 0.25) is 5.91 Å². The standard InChI is InChI=1S/C20H20ClNO4/c1-12-9-13(2)20(15(21)10-12)22-19(24)6-4-16(23)14-3-5-17-18(11-14)26-8-7-25-17/h3,5,9-11H,4,6-8H2,1-2H3,(H,22,24). The van der Waals surface area contributed by atoms with E-state index in [-0.39, 0.29) is 24.5 Å². The number of amides is 1. The summed E-state index contributed by atoms with van der Waals surface area (Å²) in [5, 5.41) is 3.29. The number of rotatable bonds is 5.